The molecule has 25 heavy (non-hydrogen) atoms. The van der Waals surface area contributed by atoms with Crippen LogP contribution in [0.5, 0.6) is 0 Å². The summed E-state index contributed by atoms with van der Waals surface area (Å²) in [6.45, 7) is 12.0. The molecule has 1 atom stereocenters. The van der Waals surface area contributed by atoms with Crippen molar-refractivity contribution in [3.63, 3.8) is 0 Å². The maximum atomic E-state index is 5.68. The Morgan fingerprint density at radius 2 is 2.20 bits per heavy atom. The molecule has 0 spiro atoms. The fraction of sp³-hybridized carbons (Fsp3) is 0.765. The van der Waals surface area contributed by atoms with E-state index in [9.17, 15) is 0 Å². The molecule has 2 rings (SSSR count). The van der Waals surface area contributed by atoms with E-state index in [-0.39, 0.29) is 24.0 Å². The number of nitrogens with zero attached hydrogens (tertiary/aromatic N) is 3. The van der Waals surface area contributed by atoms with Gasteiger partial charge in [-0.05, 0) is 27.2 Å². The van der Waals surface area contributed by atoms with Crippen LogP contribution in [0.4, 0.5) is 0 Å². The summed E-state index contributed by atoms with van der Waals surface area (Å²) in [6.07, 6.45) is 1.15. The quantitative estimate of drug-likeness (QED) is 0.267. The molecular formula is C17H31IN4O2S. The maximum Gasteiger partial charge on any atom is 0.194 e. The molecule has 1 aromatic heterocycles. The summed E-state index contributed by atoms with van der Waals surface area (Å²) in [4.78, 5) is 12.9. The number of aliphatic imine (C=N–C) groups is 1. The van der Waals surface area contributed by atoms with Crippen LogP contribution in [0.25, 0.3) is 0 Å². The number of thiazole rings is 1. The Morgan fingerprint density at radius 1 is 1.40 bits per heavy atom. The minimum absolute atomic E-state index is 0. The van der Waals surface area contributed by atoms with Gasteiger partial charge in [-0.2, -0.15) is 0 Å². The van der Waals surface area contributed by atoms with Crippen molar-refractivity contribution in [1.29, 1.82) is 0 Å². The van der Waals surface area contributed by atoms with Gasteiger partial charge in [0.1, 0.15) is 0 Å². The van der Waals surface area contributed by atoms with Crippen LogP contribution in [0.15, 0.2) is 4.99 Å². The zero-order valence-electron chi connectivity index (χ0n) is 15.7. The largest absolute Gasteiger partial charge is 0.382 e. The van der Waals surface area contributed by atoms with E-state index in [1.807, 2.05) is 6.92 Å². The smallest absolute Gasteiger partial charge is 0.194 e. The number of rotatable bonds is 8. The number of halogens is 1. The molecular weight excluding hydrogens is 451 g/mol. The van der Waals surface area contributed by atoms with Gasteiger partial charge >= 0.3 is 0 Å². The second-order valence-electron chi connectivity index (χ2n) is 6.08. The lowest BCUT2D eigenvalue weighted by Crippen LogP contribution is -2.40. The molecule has 8 heteroatoms. The van der Waals surface area contributed by atoms with Gasteiger partial charge in [0.25, 0.3) is 0 Å². The summed E-state index contributed by atoms with van der Waals surface area (Å²) in [7, 11) is 1.70. The Balaban J connectivity index is 0.00000312. The summed E-state index contributed by atoms with van der Waals surface area (Å²) in [5, 5.41) is 4.53. The van der Waals surface area contributed by atoms with Gasteiger partial charge in [0.15, 0.2) is 5.96 Å². The number of nitrogens with one attached hydrogen (secondary N) is 1. The highest BCUT2D eigenvalue weighted by molar-refractivity contribution is 14.0. The van der Waals surface area contributed by atoms with Gasteiger partial charge < -0.3 is 19.7 Å². The number of ether oxygens (including phenoxy) is 2. The third-order valence-electron chi connectivity index (χ3n) is 4.08. The van der Waals surface area contributed by atoms with Crippen LogP contribution in [0, 0.1) is 19.8 Å². The molecule has 2 heterocycles. The highest BCUT2D eigenvalue weighted by Crippen LogP contribution is 2.20. The predicted molar refractivity (Wildman–Crippen MR) is 114 cm³/mol. The Morgan fingerprint density at radius 3 is 2.84 bits per heavy atom. The van der Waals surface area contributed by atoms with E-state index in [0.717, 1.165) is 49.3 Å². The fourth-order valence-electron chi connectivity index (χ4n) is 2.85. The van der Waals surface area contributed by atoms with Gasteiger partial charge in [0, 0.05) is 37.5 Å². The Labute approximate surface area is 172 Å². The van der Waals surface area contributed by atoms with E-state index in [2.05, 4.69) is 29.0 Å². The van der Waals surface area contributed by atoms with Crippen molar-refractivity contribution in [2.75, 3.05) is 46.6 Å². The second kappa shape index (κ2) is 12.0. The van der Waals surface area contributed by atoms with Gasteiger partial charge in [0.2, 0.25) is 0 Å². The third kappa shape index (κ3) is 7.36. The standard InChI is InChI=1S/C17H30N4O2S.HI/c1-5-18-17(19-10-16-13(2)20-14(3)24-16)21-7-6-15(11-21)12-23-9-8-22-4;/h15H,5-12H2,1-4H3,(H,18,19);1H. The highest BCUT2D eigenvalue weighted by atomic mass is 127. The molecule has 1 saturated heterocycles. The van der Waals surface area contributed by atoms with E-state index in [1.54, 1.807) is 18.4 Å². The first-order valence-corrected chi connectivity index (χ1v) is 9.48. The number of guanidine groups is 1. The fourth-order valence-corrected chi connectivity index (χ4v) is 3.71. The SMILES string of the molecule is CCNC(=NCc1sc(C)nc1C)N1CCC(COCCOC)C1.I. The lowest BCUT2D eigenvalue weighted by atomic mass is 10.1. The number of aromatic nitrogens is 1. The Bertz CT molecular complexity index is 539. The van der Waals surface area contributed by atoms with Crippen LogP contribution in [0.3, 0.4) is 0 Å². The van der Waals surface area contributed by atoms with Crippen LogP contribution in [-0.4, -0.2) is 62.4 Å². The van der Waals surface area contributed by atoms with Crippen molar-refractivity contribution >= 4 is 41.3 Å². The van der Waals surface area contributed by atoms with Crippen LogP contribution in [0.1, 0.15) is 28.9 Å². The van der Waals surface area contributed by atoms with E-state index < -0.39 is 0 Å². The normalized spacial score (nSPS) is 17.7. The summed E-state index contributed by atoms with van der Waals surface area (Å²) in [5.41, 5.74) is 1.10. The molecule has 0 aliphatic carbocycles. The first-order valence-electron chi connectivity index (χ1n) is 8.66. The zero-order chi connectivity index (χ0) is 17.4. The van der Waals surface area contributed by atoms with Gasteiger partial charge in [0.05, 0.1) is 37.1 Å². The molecule has 0 bridgehead atoms. The van der Waals surface area contributed by atoms with Crippen molar-refractivity contribution in [2.24, 2.45) is 10.9 Å². The molecule has 1 aliphatic rings. The Kier molecular flexibility index (Phi) is 10.9. The van der Waals surface area contributed by atoms with E-state index in [0.29, 0.717) is 25.7 Å². The number of hydrogen-bond acceptors (Lipinski definition) is 5. The third-order valence-corrected chi connectivity index (χ3v) is 5.14. The molecule has 1 aromatic rings. The van der Waals surface area contributed by atoms with E-state index in [1.165, 1.54) is 4.88 Å². The molecule has 0 saturated carbocycles. The molecule has 0 radical (unpaired) electrons. The van der Waals surface area contributed by atoms with Gasteiger partial charge in [-0.3, -0.25) is 0 Å². The number of methoxy groups -OCH3 is 1. The minimum Gasteiger partial charge on any atom is -0.382 e. The first kappa shape index (κ1) is 22.6. The topological polar surface area (TPSA) is 59.0 Å². The molecule has 144 valence electrons. The molecule has 6 nitrogen and oxygen atoms in total. The van der Waals surface area contributed by atoms with Crippen LogP contribution in [0.2, 0.25) is 0 Å². The van der Waals surface area contributed by atoms with Crippen LogP contribution in [-0.2, 0) is 16.0 Å². The summed E-state index contributed by atoms with van der Waals surface area (Å²) in [6, 6.07) is 0. The van der Waals surface area contributed by atoms with E-state index in [4.69, 9.17) is 14.5 Å². The highest BCUT2D eigenvalue weighted by Gasteiger charge is 2.25. The first-order chi connectivity index (χ1) is 11.6. The average molecular weight is 482 g/mol. The van der Waals surface area contributed by atoms with Crippen molar-refractivity contribution in [2.45, 2.75) is 33.7 Å². The molecule has 1 aliphatic heterocycles. The Hall–Kier alpha value is -0.450. The van der Waals surface area contributed by atoms with Crippen molar-refractivity contribution < 1.29 is 9.47 Å². The molecule has 1 fully saturated rings. The lowest BCUT2D eigenvalue weighted by Gasteiger charge is -2.21. The molecule has 1 N–H and O–H groups in total. The second-order valence-corrected chi connectivity index (χ2v) is 7.37. The molecule has 0 amide bonds. The summed E-state index contributed by atoms with van der Waals surface area (Å²) >= 11 is 1.74. The summed E-state index contributed by atoms with van der Waals surface area (Å²) < 4.78 is 10.7. The predicted octanol–water partition coefficient (Wildman–Crippen LogP) is 2.83. The van der Waals surface area contributed by atoms with Crippen molar-refractivity contribution in [1.82, 2.24) is 15.2 Å². The number of likely N-dealkylation sites (tertiary alicyclic amines) is 1. The van der Waals surface area contributed by atoms with Crippen molar-refractivity contribution in [3.8, 4) is 0 Å². The average Bonchev–Trinajstić information content (AvgIpc) is 3.14. The number of hydrogen-bond donors (Lipinski definition) is 1. The molecule has 0 aromatic carbocycles. The van der Waals surface area contributed by atoms with Gasteiger partial charge in [-0.15, -0.1) is 35.3 Å². The van der Waals surface area contributed by atoms with Crippen LogP contribution >= 0.6 is 35.3 Å². The lowest BCUT2D eigenvalue weighted by molar-refractivity contribution is 0.0536. The zero-order valence-corrected chi connectivity index (χ0v) is 18.9. The van der Waals surface area contributed by atoms with Gasteiger partial charge in [-0.25, -0.2) is 9.98 Å². The maximum absolute atomic E-state index is 5.68. The van der Waals surface area contributed by atoms with Crippen LogP contribution < -0.4 is 5.32 Å². The molecule has 1 unspecified atom stereocenters. The monoisotopic (exact) mass is 482 g/mol. The number of aryl methyl sites for hydroxylation is 2. The summed E-state index contributed by atoms with van der Waals surface area (Å²) in [5.74, 6) is 1.57. The van der Waals surface area contributed by atoms with Gasteiger partial charge in [-0.1, -0.05) is 0 Å². The van der Waals surface area contributed by atoms with Crippen molar-refractivity contribution in [3.05, 3.63) is 15.6 Å². The van der Waals surface area contributed by atoms with E-state index >= 15 is 0 Å². The minimum atomic E-state index is 0.